The summed E-state index contributed by atoms with van der Waals surface area (Å²) >= 11 is 0. The van der Waals surface area contributed by atoms with Gasteiger partial charge in [-0.3, -0.25) is 4.79 Å². The van der Waals surface area contributed by atoms with Crippen LogP contribution in [0.15, 0.2) is 10.9 Å². The van der Waals surface area contributed by atoms with Gasteiger partial charge in [-0.2, -0.15) is 4.98 Å². The van der Waals surface area contributed by atoms with Crippen LogP contribution in [-0.4, -0.2) is 35.7 Å². The van der Waals surface area contributed by atoms with Crippen LogP contribution in [0, 0.1) is 5.92 Å². The number of nitrogens with one attached hydrogen (secondary N) is 2. The predicted molar refractivity (Wildman–Crippen MR) is 58.7 cm³/mol. The van der Waals surface area contributed by atoms with Crippen molar-refractivity contribution in [2.45, 2.75) is 20.3 Å². The van der Waals surface area contributed by atoms with E-state index in [4.69, 9.17) is 4.52 Å². The summed E-state index contributed by atoms with van der Waals surface area (Å²) < 4.78 is 4.82. The van der Waals surface area contributed by atoms with Gasteiger partial charge in [-0.05, 0) is 6.54 Å². The fourth-order valence-electron chi connectivity index (χ4n) is 1.23. The largest absolute Gasteiger partial charge is 0.355 e. The maximum absolute atomic E-state index is 11.6. The molecule has 1 heterocycles. The van der Waals surface area contributed by atoms with E-state index in [1.807, 2.05) is 13.8 Å². The van der Waals surface area contributed by atoms with Crippen LogP contribution in [-0.2, 0) is 11.2 Å². The van der Waals surface area contributed by atoms with Crippen LogP contribution in [0.3, 0.4) is 0 Å². The molecule has 2 N–H and O–H groups in total. The zero-order valence-corrected chi connectivity index (χ0v) is 9.69. The Morgan fingerprint density at radius 2 is 2.44 bits per heavy atom. The highest BCUT2D eigenvalue weighted by atomic mass is 16.5. The minimum atomic E-state index is -0.0253. The van der Waals surface area contributed by atoms with Gasteiger partial charge in [0.1, 0.15) is 0 Å². The van der Waals surface area contributed by atoms with Gasteiger partial charge in [0.15, 0.2) is 6.33 Å². The van der Waals surface area contributed by atoms with Crippen molar-refractivity contribution in [1.82, 2.24) is 20.8 Å². The van der Waals surface area contributed by atoms with Gasteiger partial charge >= 0.3 is 0 Å². The molecule has 90 valence electrons. The summed E-state index contributed by atoms with van der Waals surface area (Å²) in [5.74, 6) is 0.558. The molecule has 6 nitrogen and oxygen atoms in total. The number of amides is 1. The molecule has 0 radical (unpaired) electrons. The monoisotopic (exact) mass is 226 g/mol. The molecule has 6 heteroatoms. The molecule has 16 heavy (non-hydrogen) atoms. The van der Waals surface area contributed by atoms with Crippen LogP contribution in [0.1, 0.15) is 19.7 Å². The van der Waals surface area contributed by atoms with Crippen molar-refractivity contribution in [3.63, 3.8) is 0 Å². The molecule has 1 aromatic heterocycles. The smallest absolute Gasteiger partial charge is 0.228 e. The summed E-state index contributed by atoms with van der Waals surface area (Å²) in [6.07, 6.45) is 1.92. The molecule has 0 aromatic carbocycles. The molecule has 0 saturated carbocycles. The first-order chi connectivity index (χ1) is 7.74. The van der Waals surface area contributed by atoms with E-state index in [2.05, 4.69) is 20.8 Å². The van der Waals surface area contributed by atoms with E-state index in [-0.39, 0.29) is 11.8 Å². The molecule has 1 unspecified atom stereocenters. The second-order valence-electron chi connectivity index (χ2n) is 3.58. The van der Waals surface area contributed by atoms with Crippen LogP contribution in [0.5, 0.6) is 0 Å². The van der Waals surface area contributed by atoms with E-state index in [1.165, 1.54) is 6.33 Å². The molecule has 1 amide bonds. The third kappa shape index (κ3) is 4.39. The summed E-state index contributed by atoms with van der Waals surface area (Å²) in [5, 5.41) is 9.44. The van der Waals surface area contributed by atoms with Gasteiger partial charge in [-0.25, -0.2) is 0 Å². The van der Waals surface area contributed by atoms with E-state index >= 15 is 0 Å². The standard InChI is InChI=1S/C10H18N4O2/c1-3-11-6-8(2)10(15)12-5-4-9-13-7-14-16-9/h7-8,11H,3-6H2,1-2H3,(H,12,15). The second-order valence-corrected chi connectivity index (χ2v) is 3.58. The van der Waals surface area contributed by atoms with E-state index in [0.29, 0.717) is 25.4 Å². The van der Waals surface area contributed by atoms with Crippen molar-refractivity contribution in [2.75, 3.05) is 19.6 Å². The van der Waals surface area contributed by atoms with Crippen molar-refractivity contribution < 1.29 is 9.32 Å². The molecule has 0 spiro atoms. The normalized spacial score (nSPS) is 12.4. The van der Waals surface area contributed by atoms with Gasteiger partial charge in [0, 0.05) is 25.4 Å². The van der Waals surface area contributed by atoms with Crippen molar-refractivity contribution in [3.8, 4) is 0 Å². The minimum absolute atomic E-state index is 0.0253. The highest BCUT2D eigenvalue weighted by Crippen LogP contribution is 1.94. The molecule has 0 saturated heterocycles. The van der Waals surface area contributed by atoms with Crippen LogP contribution in [0.25, 0.3) is 0 Å². The molecule has 1 aromatic rings. The van der Waals surface area contributed by atoms with E-state index in [0.717, 1.165) is 6.54 Å². The number of hydrogen-bond donors (Lipinski definition) is 2. The van der Waals surface area contributed by atoms with Crippen LogP contribution in [0.4, 0.5) is 0 Å². The number of aromatic nitrogens is 2. The third-order valence-electron chi connectivity index (χ3n) is 2.19. The topological polar surface area (TPSA) is 80.0 Å². The minimum Gasteiger partial charge on any atom is -0.355 e. The SMILES string of the molecule is CCNCC(C)C(=O)NCCc1ncno1. The Balaban J connectivity index is 2.14. The number of carbonyl (C=O) groups excluding carboxylic acids is 1. The van der Waals surface area contributed by atoms with E-state index in [1.54, 1.807) is 0 Å². The fraction of sp³-hybridized carbons (Fsp3) is 0.700. The second kappa shape index (κ2) is 6.95. The fourth-order valence-corrected chi connectivity index (χ4v) is 1.23. The molecule has 0 fully saturated rings. The first kappa shape index (κ1) is 12.6. The summed E-state index contributed by atoms with van der Waals surface area (Å²) in [6.45, 7) is 6.00. The van der Waals surface area contributed by atoms with Crippen molar-refractivity contribution in [1.29, 1.82) is 0 Å². The Morgan fingerprint density at radius 1 is 1.62 bits per heavy atom. The Hall–Kier alpha value is -1.43. The lowest BCUT2D eigenvalue weighted by molar-refractivity contribution is -0.124. The highest BCUT2D eigenvalue weighted by molar-refractivity contribution is 5.78. The lowest BCUT2D eigenvalue weighted by atomic mass is 10.1. The molecule has 0 aliphatic carbocycles. The first-order valence-electron chi connectivity index (χ1n) is 5.48. The van der Waals surface area contributed by atoms with Gasteiger partial charge in [0.2, 0.25) is 11.8 Å². The van der Waals surface area contributed by atoms with E-state index < -0.39 is 0 Å². The molecular formula is C10H18N4O2. The average molecular weight is 226 g/mol. The molecule has 1 atom stereocenters. The molecule has 0 aliphatic rings. The van der Waals surface area contributed by atoms with E-state index in [9.17, 15) is 4.79 Å². The van der Waals surface area contributed by atoms with Crippen molar-refractivity contribution in [2.24, 2.45) is 5.92 Å². The Kier molecular flexibility index (Phi) is 5.49. The quantitative estimate of drug-likeness (QED) is 0.682. The van der Waals surface area contributed by atoms with Crippen LogP contribution >= 0.6 is 0 Å². The van der Waals surface area contributed by atoms with Gasteiger partial charge in [-0.1, -0.05) is 19.0 Å². The molecule has 0 bridgehead atoms. The van der Waals surface area contributed by atoms with Gasteiger partial charge in [0.25, 0.3) is 0 Å². The zero-order valence-electron chi connectivity index (χ0n) is 9.69. The summed E-state index contributed by atoms with van der Waals surface area (Å²) in [7, 11) is 0. The molecule has 0 aliphatic heterocycles. The number of carbonyl (C=O) groups is 1. The summed E-state index contributed by atoms with van der Waals surface area (Å²) in [6, 6.07) is 0. The van der Waals surface area contributed by atoms with Crippen LogP contribution in [0.2, 0.25) is 0 Å². The van der Waals surface area contributed by atoms with Gasteiger partial charge in [0.05, 0.1) is 0 Å². The van der Waals surface area contributed by atoms with Crippen molar-refractivity contribution in [3.05, 3.63) is 12.2 Å². The first-order valence-corrected chi connectivity index (χ1v) is 5.48. The molecular weight excluding hydrogens is 208 g/mol. The Bertz CT molecular complexity index is 300. The van der Waals surface area contributed by atoms with Gasteiger partial charge in [-0.15, -0.1) is 0 Å². The lowest BCUT2D eigenvalue weighted by Gasteiger charge is -2.11. The van der Waals surface area contributed by atoms with Crippen molar-refractivity contribution >= 4 is 5.91 Å². The number of hydrogen-bond acceptors (Lipinski definition) is 5. The average Bonchev–Trinajstić information content (AvgIpc) is 2.78. The number of rotatable bonds is 7. The predicted octanol–water partition coefficient (Wildman–Crippen LogP) is -0.0261. The third-order valence-corrected chi connectivity index (χ3v) is 2.19. The maximum Gasteiger partial charge on any atom is 0.228 e. The van der Waals surface area contributed by atoms with Crippen LogP contribution < -0.4 is 10.6 Å². The number of nitrogens with zero attached hydrogens (tertiary/aromatic N) is 2. The zero-order chi connectivity index (χ0) is 11.8. The highest BCUT2D eigenvalue weighted by Gasteiger charge is 2.11. The summed E-state index contributed by atoms with van der Waals surface area (Å²) in [4.78, 5) is 15.4. The Labute approximate surface area is 94.8 Å². The maximum atomic E-state index is 11.6. The van der Waals surface area contributed by atoms with Gasteiger partial charge < -0.3 is 15.2 Å². The lowest BCUT2D eigenvalue weighted by Crippen LogP contribution is -2.36. The molecule has 1 rings (SSSR count). The Morgan fingerprint density at radius 3 is 3.06 bits per heavy atom. The summed E-state index contributed by atoms with van der Waals surface area (Å²) in [5.41, 5.74) is 0.